The zero-order chi connectivity index (χ0) is 7.56. The Morgan fingerprint density at radius 1 is 1.70 bits per heavy atom. The lowest BCUT2D eigenvalue weighted by atomic mass is 10.2. The molecule has 1 aliphatic heterocycles. The van der Waals surface area contributed by atoms with Crippen LogP contribution in [0.5, 0.6) is 0 Å². The SMILES string of the molecule is CN=C1NC(C)C(C)=CS1. The van der Waals surface area contributed by atoms with E-state index in [-0.39, 0.29) is 0 Å². The first-order valence-corrected chi connectivity index (χ1v) is 4.18. The molecule has 10 heavy (non-hydrogen) atoms. The van der Waals surface area contributed by atoms with Crippen LogP contribution in [0, 0.1) is 0 Å². The molecular weight excluding hydrogens is 144 g/mol. The van der Waals surface area contributed by atoms with Gasteiger partial charge in [-0.1, -0.05) is 11.8 Å². The van der Waals surface area contributed by atoms with Crippen molar-refractivity contribution in [2.45, 2.75) is 19.9 Å². The second kappa shape index (κ2) is 3.10. The van der Waals surface area contributed by atoms with Gasteiger partial charge in [-0.05, 0) is 24.8 Å². The summed E-state index contributed by atoms with van der Waals surface area (Å²) in [5, 5.41) is 6.41. The predicted molar refractivity (Wildman–Crippen MR) is 47.3 cm³/mol. The highest BCUT2D eigenvalue weighted by molar-refractivity contribution is 8.16. The number of hydrogen-bond acceptors (Lipinski definition) is 2. The maximum absolute atomic E-state index is 4.06. The average molecular weight is 156 g/mol. The number of rotatable bonds is 0. The molecule has 0 aromatic carbocycles. The van der Waals surface area contributed by atoms with Crippen molar-refractivity contribution in [3.05, 3.63) is 11.0 Å². The van der Waals surface area contributed by atoms with Gasteiger partial charge in [0, 0.05) is 13.1 Å². The van der Waals surface area contributed by atoms with E-state index >= 15 is 0 Å². The second-order valence-corrected chi connectivity index (χ2v) is 3.23. The standard InChI is InChI=1S/C7H12N2S/c1-5-4-10-7(8-3)9-6(5)2/h4,6H,1-3H3,(H,8,9). The van der Waals surface area contributed by atoms with Crippen molar-refractivity contribution in [1.29, 1.82) is 0 Å². The Bertz CT molecular complexity index is 184. The first-order valence-electron chi connectivity index (χ1n) is 3.30. The number of hydrogen-bond donors (Lipinski definition) is 1. The number of aliphatic imine (C=N–C) groups is 1. The monoisotopic (exact) mass is 156 g/mol. The van der Waals surface area contributed by atoms with E-state index < -0.39 is 0 Å². The van der Waals surface area contributed by atoms with Gasteiger partial charge >= 0.3 is 0 Å². The van der Waals surface area contributed by atoms with Crippen molar-refractivity contribution in [3.8, 4) is 0 Å². The minimum Gasteiger partial charge on any atom is -0.358 e. The molecule has 1 N–H and O–H groups in total. The third-order valence-corrected chi connectivity index (χ3v) is 2.60. The molecule has 0 amide bonds. The van der Waals surface area contributed by atoms with Crippen molar-refractivity contribution < 1.29 is 0 Å². The molecule has 56 valence electrons. The molecule has 0 bridgehead atoms. The van der Waals surface area contributed by atoms with Gasteiger partial charge in [-0.25, -0.2) is 0 Å². The molecular formula is C7H12N2S. The van der Waals surface area contributed by atoms with E-state index in [1.165, 1.54) is 5.57 Å². The molecule has 0 radical (unpaired) electrons. The van der Waals surface area contributed by atoms with Crippen LogP contribution in [0.3, 0.4) is 0 Å². The maximum atomic E-state index is 4.06. The van der Waals surface area contributed by atoms with Crippen LogP contribution in [-0.2, 0) is 0 Å². The van der Waals surface area contributed by atoms with E-state index in [0.29, 0.717) is 6.04 Å². The molecule has 1 rings (SSSR count). The van der Waals surface area contributed by atoms with E-state index in [0.717, 1.165) is 5.17 Å². The van der Waals surface area contributed by atoms with Crippen LogP contribution in [-0.4, -0.2) is 18.3 Å². The Labute approximate surface area is 65.8 Å². The average Bonchev–Trinajstić information content (AvgIpc) is 1.95. The van der Waals surface area contributed by atoms with Crippen LogP contribution >= 0.6 is 11.8 Å². The first kappa shape index (κ1) is 7.66. The number of thioether (sulfide) groups is 1. The summed E-state index contributed by atoms with van der Waals surface area (Å²) in [6.07, 6.45) is 0. The summed E-state index contributed by atoms with van der Waals surface area (Å²) >= 11 is 1.65. The Morgan fingerprint density at radius 2 is 2.40 bits per heavy atom. The summed E-state index contributed by atoms with van der Waals surface area (Å²) in [6.45, 7) is 4.26. The molecule has 0 aromatic heterocycles. The molecule has 1 heterocycles. The summed E-state index contributed by atoms with van der Waals surface area (Å²) in [5.74, 6) is 0. The van der Waals surface area contributed by atoms with Crippen LogP contribution in [0.25, 0.3) is 0 Å². The van der Waals surface area contributed by atoms with Crippen LogP contribution in [0.1, 0.15) is 13.8 Å². The highest BCUT2D eigenvalue weighted by atomic mass is 32.2. The van der Waals surface area contributed by atoms with Gasteiger partial charge in [0.25, 0.3) is 0 Å². The molecule has 0 saturated heterocycles. The van der Waals surface area contributed by atoms with Gasteiger partial charge in [-0.15, -0.1) is 0 Å². The molecule has 0 aromatic rings. The van der Waals surface area contributed by atoms with Crippen molar-refractivity contribution in [3.63, 3.8) is 0 Å². The van der Waals surface area contributed by atoms with E-state index in [1.54, 1.807) is 18.8 Å². The van der Waals surface area contributed by atoms with Gasteiger partial charge in [0.1, 0.15) is 0 Å². The zero-order valence-electron chi connectivity index (χ0n) is 6.51. The van der Waals surface area contributed by atoms with Gasteiger partial charge in [0.15, 0.2) is 5.17 Å². The third-order valence-electron chi connectivity index (χ3n) is 1.58. The molecule has 1 atom stereocenters. The van der Waals surface area contributed by atoms with Gasteiger partial charge < -0.3 is 5.32 Å². The Morgan fingerprint density at radius 3 is 2.90 bits per heavy atom. The van der Waals surface area contributed by atoms with Crippen molar-refractivity contribution in [1.82, 2.24) is 5.32 Å². The number of nitrogens with zero attached hydrogens (tertiary/aromatic N) is 1. The van der Waals surface area contributed by atoms with Crippen molar-refractivity contribution in [2.75, 3.05) is 7.05 Å². The van der Waals surface area contributed by atoms with E-state index in [4.69, 9.17) is 0 Å². The van der Waals surface area contributed by atoms with Crippen LogP contribution < -0.4 is 5.32 Å². The smallest absolute Gasteiger partial charge is 0.161 e. The summed E-state index contributed by atoms with van der Waals surface area (Å²) in [7, 11) is 1.80. The third kappa shape index (κ3) is 1.53. The fourth-order valence-electron chi connectivity index (χ4n) is 0.701. The summed E-state index contributed by atoms with van der Waals surface area (Å²) in [6, 6.07) is 0.444. The fraction of sp³-hybridized carbons (Fsp3) is 0.571. The lowest BCUT2D eigenvalue weighted by Crippen LogP contribution is -2.33. The predicted octanol–water partition coefficient (Wildman–Crippen LogP) is 1.60. The second-order valence-electron chi connectivity index (χ2n) is 2.37. The number of nitrogens with one attached hydrogen (secondary N) is 1. The molecule has 1 aliphatic rings. The fourth-order valence-corrected chi connectivity index (χ4v) is 1.55. The Balaban J connectivity index is 2.68. The van der Waals surface area contributed by atoms with Gasteiger partial charge in [0.2, 0.25) is 0 Å². The lowest BCUT2D eigenvalue weighted by Gasteiger charge is -2.20. The van der Waals surface area contributed by atoms with E-state index in [1.807, 2.05) is 0 Å². The van der Waals surface area contributed by atoms with Gasteiger partial charge in [-0.2, -0.15) is 0 Å². The van der Waals surface area contributed by atoms with Crippen molar-refractivity contribution in [2.24, 2.45) is 4.99 Å². The minimum atomic E-state index is 0.444. The molecule has 1 unspecified atom stereocenters. The molecule has 0 spiro atoms. The van der Waals surface area contributed by atoms with E-state index in [9.17, 15) is 0 Å². The largest absolute Gasteiger partial charge is 0.358 e. The van der Waals surface area contributed by atoms with Crippen molar-refractivity contribution >= 4 is 16.9 Å². The summed E-state index contributed by atoms with van der Waals surface area (Å²) < 4.78 is 0. The lowest BCUT2D eigenvalue weighted by molar-refractivity contribution is 0.764. The molecule has 3 heteroatoms. The van der Waals surface area contributed by atoms with E-state index in [2.05, 4.69) is 29.6 Å². The summed E-state index contributed by atoms with van der Waals surface area (Å²) in [4.78, 5) is 4.06. The van der Waals surface area contributed by atoms with Gasteiger partial charge in [-0.3, -0.25) is 4.99 Å². The van der Waals surface area contributed by atoms with Crippen LogP contribution in [0.15, 0.2) is 16.0 Å². The Kier molecular flexibility index (Phi) is 2.38. The first-order chi connectivity index (χ1) is 4.74. The quantitative estimate of drug-likeness (QED) is 0.576. The Hall–Kier alpha value is -0.440. The van der Waals surface area contributed by atoms with Crippen LogP contribution in [0.4, 0.5) is 0 Å². The molecule has 2 nitrogen and oxygen atoms in total. The molecule has 0 fully saturated rings. The maximum Gasteiger partial charge on any atom is 0.161 e. The normalized spacial score (nSPS) is 29.7. The highest BCUT2D eigenvalue weighted by Crippen LogP contribution is 2.16. The van der Waals surface area contributed by atoms with Crippen LogP contribution in [0.2, 0.25) is 0 Å². The topological polar surface area (TPSA) is 24.4 Å². The summed E-state index contributed by atoms with van der Waals surface area (Å²) in [5.41, 5.74) is 1.37. The molecule has 0 saturated carbocycles. The number of amidine groups is 1. The molecule has 0 aliphatic carbocycles. The minimum absolute atomic E-state index is 0.444. The van der Waals surface area contributed by atoms with Gasteiger partial charge in [0.05, 0.1) is 0 Å². The zero-order valence-corrected chi connectivity index (χ0v) is 7.33. The highest BCUT2D eigenvalue weighted by Gasteiger charge is 2.11.